The SMILES string of the molecule is NC(=O)C1CCN(c2ccc(F)c(Cl)c2)C1. The number of rotatable bonds is 2. The summed E-state index contributed by atoms with van der Waals surface area (Å²) in [6.45, 7) is 1.33. The molecule has 5 heteroatoms. The van der Waals surface area contributed by atoms with E-state index in [1.165, 1.54) is 6.07 Å². The van der Waals surface area contributed by atoms with Crippen molar-refractivity contribution in [3.05, 3.63) is 29.0 Å². The second-order valence-electron chi connectivity index (χ2n) is 3.93. The third kappa shape index (κ3) is 2.11. The summed E-state index contributed by atoms with van der Waals surface area (Å²) in [6.07, 6.45) is 0.740. The fourth-order valence-corrected chi connectivity index (χ4v) is 2.08. The van der Waals surface area contributed by atoms with Gasteiger partial charge in [-0.2, -0.15) is 0 Å². The van der Waals surface area contributed by atoms with Crippen LogP contribution >= 0.6 is 11.6 Å². The molecule has 1 aromatic carbocycles. The molecule has 16 heavy (non-hydrogen) atoms. The average Bonchev–Trinajstić information content (AvgIpc) is 2.71. The van der Waals surface area contributed by atoms with E-state index in [-0.39, 0.29) is 16.8 Å². The molecular formula is C11H12ClFN2O. The highest BCUT2D eigenvalue weighted by atomic mass is 35.5. The van der Waals surface area contributed by atoms with E-state index in [1.54, 1.807) is 12.1 Å². The molecule has 1 saturated heterocycles. The Morgan fingerprint density at radius 2 is 2.31 bits per heavy atom. The van der Waals surface area contributed by atoms with Crippen LogP contribution in [0.2, 0.25) is 5.02 Å². The Labute approximate surface area is 98.0 Å². The van der Waals surface area contributed by atoms with Crippen LogP contribution in [0, 0.1) is 11.7 Å². The molecule has 0 bridgehead atoms. The van der Waals surface area contributed by atoms with Gasteiger partial charge in [0.05, 0.1) is 10.9 Å². The normalized spacial score (nSPS) is 20.1. The van der Waals surface area contributed by atoms with Crippen molar-refractivity contribution in [2.45, 2.75) is 6.42 Å². The highest BCUT2D eigenvalue weighted by molar-refractivity contribution is 6.31. The molecule has 3 nitrogen and oxygen atoms in total. The maximum Gasteiger partial charge on any atom is 0.222 e. The van der Waals surface area contributed by atoms with Crippen molar-refractivity contribution < 1.29 is 9.18 Å². The number of amides is 1. The minimum absolute atomic E-state index is 0.0972. The number of nitrogens with two attached hydrogens (primary N) is 1. The molecule has 1 aliphatic rings. The van der Waals surface area contributed by atoms with E-state index in [0.29, 0.717) is 6.54 Å². The molecule has 1 amide bonds. The summed E-state index contributed by atoms with van der Waals surface area (Å²) in [6, 6.07) is 4.56. The number of nitrogens with zero attached hydrogens (tertiary/aromatic N) is 1. The van der Waals surface area contributed by atoms with Crippen LogP contribution in [0.3, 0.4) is 0 Å². The molecule has 1 fully saturated rings. The lowest BCUT2D eigenvalue weighted by Gasteiger charge is -2.18. The van der Waals surface area contributed by atoms with Gasteiger partial charge in [-0.1, -0.05) is 11.6 Å². The van der Waals surface area contributed by atoms with Gasteiger partial charge in [0.15, 0.2) is 0 Å². The van der Waals surface area contributed by atoms with E-state index in [4.69, 9.17) is 17.3 Å². The molecule has 1 heterocycles. The largest absolute Gasteiger partial charge is 0.371 e. The second kappa shape index (κ2) is 4.29. The van der Waals surface area contributed by atoms with E-state index in [9.17, 15) is 9.18 Å². The van der Waals surface area contributed by atoms with Gasteiger partial charge >= 0.3 is 0 Å². The number of hydrogen-bond acceptors (Lipinski definition) is 2. The Kier molecular flexibility index (Phi) is 3.01. The zero-order valence-electron chi connectivity index (χ0n) is 8.62. The van der Waals surface area contributed by atoms with Gasteiger partial charge in [0.2, 0.25) is 5.91 Å². The lowest BCUT2D eigenvalue weighted by molar-refractivity contribution is -0.121. The van der Waals surface area contributed by atoms with Gasteiger partial charge in [0.25, 0.3) is 0 Å². The van der Waals surface area contributed by atoms with Crippen molar-refractivity contribution in [2.24, 2.45) is 11.7 Å². The first-order chi connectivity index (χ1) is 7.58. The maximum atomic E-state index is 13.0. The average molecular weight is 243 g/mol. The van der Waals surface area contributed by atoms with Crippen LogP contribution in [0.5, 0.6) is 0 Å². The Morgan fingerprint density at radius 3 is 2.88 bits per heavy atom. The summed E-state index contributed by atoms with van der Waals surface area (Å²) in [4.78, 5) is 13.0. The predicted octanol–water partition coefficient (Wildman–Crippen LogP) is 1.79. The van der Waals surface area contributed by atoms with Gasteiger partial charge in [-0.3, -0.25) is 4.79 Å². The second-order valence-corrected chi connectivity index (χ2v) is 4.34. The smallest absolute Gasteiger partial charge is 0.222 e. The number of primary amides is 1. The van der Waals surface area contributed by atoms with E-state index in [0.717, 1.165) is 18.7 Å². The Hall–Kier alpha value is -1.29. The molecule has 1 aliphatic heterocycles. The molecule has 1 atom stereocenters. The minimum Gasteiger partial charge on any atom is -0.371 e. The summed E-state index contributed by atoms with van der Waals surface area (Å²) >= 11 is 5.70. The predicted molar refractivity (Wildman–Crippen MR) is 60.9 cm³/mol. The number of halogens is 2. The van der Waals surface area contributed by atoms with Crippen LogP contribution in [0.15, 0.2) is 18.2 Å². The molecular weight excluding hydrogens is 231 g/mol. The molecule has 1 aromatic rings. The van der Waals surface area contributed by atoms with Crippen LogP contribution in [0.4, 0.5) is 10.1 Å². The molecule has 0 radical (unpaired) electrons. The van der Waals surface area contributed by atoms with E-state index in [1.807, 2.05) is 4.90 Å². The van der Waals surface area contributed by atoms with E-state index in [2.05, 4.69) is 0 Å². The van der Waals surface area contributed by atoms with Crippen molar-refractivity contribution in [3.8, 4) is 0 Å². The molecule has 0 aromatic heterocycles. The van der Waals surface area contributed by atoms with Crippen LogP contribution < -0.4 is 10.6 Å². The van der Waals surface area contributed by atoms with Crippen LogP contribution in [-0.4, -0.2) is 19.0 Å². The minimum atomic E-state index is -0.434. The highest BCUT2D eigenvalue weighted by Crippen LogP contribution is 2.27. The number of carbonyl (C=O) groups is 1. The first-order valence-electron chi connectivity index (χ1n) is 5.07. The van der Waals surface area contributed by atoms with E-state index >= 15 is 0 Å². The van der Waals surface area contributed by atoms with Gasteiger partial charge in [-0.25, -0.2) is 4.39 Å². The van der Waals surface area contributed by atoms with Crippen LogP contribution in [0.25, 0.3) is 0 Å². The molecule has 0 aliphatic carbocycles. The third-order valence-corrected chi connectivity index (χ3v) is 3.15. The molecule has 2 rings (SSSR count). The highest BCUT2D eigenvalue weighted by Gasteiger charge is 2.26. The fourth-order valence-electron chi connectivity index (χ4n) is 1.91. The summed E-state index contributed by atoms with van der Waals surface area (Å²) in [5, 5.41) is 0.0972. The fraction of sp³-hybridized carbons (Fsp3) is 0.364. The third-order valence-electron chi connectivity index (χ3n) is 2.86. The summed E-state index contributed by atoms with van der Waals surface area (Å²) in [5.41, 5.74) is 6.07. The van der Waals surface area contributed by atoms with Crippen molar-refractivity contribution in [2.75, 3.05) is 18.0 Å². The molecule has 0 spiro atoms. The van der Waals surface area contributed by atoms with Crippen molar-refractivity contribution in [1.82, 2.24) is 0 Å². The van der Waals surface area contributed by atoms with Crippen molar-refractivity contribution in [1.29, 1.82) is 0 Å². The molecule has 0 saturated carbocycles. The summed E-state index contributed by atoms with van der Waals surface area (Å²) < 4.78 is 13.0. The van der Waals surface area contributed by atoms with Gasteiger partial charge in [-0.05, 0) is 24.6 Å². The maximum absolute atomic E-state index is 13.0. The number of anilines is 1. The molecule has 1 unspecified atom stereocenters. The Balaban J connectivity index is 2.14. The first kappa shape index (κ1) is 11.2. The standard InChI is InChI=1S/C11H12ClFN2O/c12-9-5-8(1-2-10(9)13)15-4-3-7(6-15)11(14)16/h1-2,5,7H,3-4,6H2,(H2,14,16). The Morgan fingerprint density at radius 1 is 1.56 bits per heavy atom. The van der Waals surface area contributed by atoms with Crippen molar-refractivity contribution >= 4 is 23.2 Å². The quantitative estimate of drug-likeness (QED) is 0.860. The van der Waals surface area contributed by atoms with Gasteiger partial charge < -0.3 is 10.6 Å². The van der Waals surface area contributed by atoms with Gasteiger partial charge in [0, 0.05) is 18.8 Å². The van der Waals surface area contributed by atoms with Crippen LogP contribution in [-0.2, 0) is 4.79 Å². The first-order valence-corrected chi connectivity index (χ1v) is 5.45. The van der Waals surface area contributed by atoms with Crippen LogP contribution in [0.1, 0.15) is 6.42 Å². The summed E-state index contributed by atoms with van der Waals surface area (Å²) in [7, 11) is 0. The summed E-state index contributed by atoms with van der Waals surface area (Å²) in [5.74, 6) is -0.837. The molecule has 2 N–H and O–H groups in total. The lowest BCUT2D eigenvalue weighted by Crippen LogP contribution is -2.27. The lowest BCUT2D eigenvalue weighted by atomic mass is 10.1. The monoisotopic (exact) mass is 242 g/mol. The topological polar surface area (TPSA) is 46.3 Å². The van der Waals surface area contributed by atoms with Gasteiger partial charge in [0.1, 0.15) is 5.82 Å². The number of carbonyl (C=O) groups excluding carboxylic acids is 1. The van der Waals surface area contributed by atoms with Crippen molar-refractivity contribution in [3.63, 3.8) is 0 Å². The zero-order chi connectivity index (χ0) is 11.7. The molecule has 86 valence electrons. The Bertz CT molecular complexity index is 424. The van der Waals surface area contributed by atoms with E-state index < -0.39 is 5.82 Å². The number of hydrogen-bond donors (Lipinski definition) is 1. The number of benzene rings is 1. The zero-order valence-corrected chi connectivity index (χ0v) is 9.38. The van der Waals surface area contributed by atoms with Gasteiger partial charge in [-0.15, -0.1) is 0 Å².